The van der Waals surface area contributed by atoms with Gasteiger partial charge in [0.1, 0.15) is 0 Å². The summed E-state index contributed by atoms with van der Waals surface area (Å²) in [6, 6.07) is 0.299. The Morgan fingerprint density at radius 1 is 0.488 bits per heavy atom. The molecule has 3 saturated carbocycles. The van der Waals surface area contributed by atoms with Crippen LogP contribution in [-0.4, -0.2) is 77.0 Å². The second kappa shape index (κ2) is 18.7. The van der Waals surface area contributed by atoms with E-state index in [1.54, 1.807) is 0 Å². The first-order chi connectivity index (χ1) is 20.5. The number of rotatable bonds is 20. The van der Waals surface area contributed by atoms with Gasteiger partial charge in [-0.1, -0.05) is 26.7 Å². The molecule has 254 valence electrons. The number of hydrogen-bond donors (Lipinski definition) is 4. The van der Waals surface area contributed by atoms with Crippen molar-refractivity contribution in [2.45, 2.75) is 111 Å². The van der Waals surface area contributed by atoms with E-state index in [9.17, 15) is 0 Å². The average Bonchev–Trinajstić information content (AvgIpc) is 3.63. The Balaban J connectivity index is 1.75. The zero-order chi connectivity index (χ0) is 31.5. The normalized spacial score (nSPS) is 37.5. The highest BCUT2D eigenvalue weighted by atomic mass is 16.5. The third kappa shape index (κ3) is 11.2. The van der Waals surface area contributed by atoms with E-state index in [0.29, 0.717) is 73.8 Å². The zero-order valence-electron chi connectivity index (χ0n) is 28.6. The first-order valence-electron chi connectivity index (χ1n) is 17.9. The SMILES string of the molecule is CCC1C(COCC(C)N)CC(COCC(C)N)C1C1CCC(C2C(COCC(C)N)CC(COCC(C)N)C2CC)C1. The molecule has 0 amide bonds. The highest BCUT2D eigenvalue weighted by molar-refractivity contribution is 5.00. The van der Waals surface area contributed by atoms with Gasteiger partial charge in [0.25, 0.3) is 0 Å². The molecule has 3 aliphatic carbocycles. The highest BCUT2D eigenvalue weighted by Crippen LogP contribution is 2.57. The molecule has 14 atom stereocenters. The van der Waals surface area contributed by atoms with Crippen molar-refractivity contribution in [3.05, 3.63) is 0 Å². The summed E-state index contributed by atoms with van der Waals surface area (Å²) in [6.45, 7) is 18.7. The molecule has 0 heterocycles. The molecule has 0 aliphatic heterocycles. The molecule has 14 unspecified atom stereocenters. The summed E-state index contributed by atoms with van der Waals surface area (Å²) >= 11 is 0. The Bertz CT molecular complexity index is 693. The molecule has 8 N–H and O–H groups in total. The number of hydrogen-bond acceptors (Lipinski definition) is 8. The number of nitrogens with two attached hydrogens (primary N) is 4. The van der Waals surface area contributed by atoms with E-state index < -0.39 is 0 Å². The van der Waals surface area contributed by atoms with E-state index in [4.69, 9.17) is 41.9 Å². The monoisotopic (exact) mass is 611 g/mol. The van der Waals surface area contributed by atoms with Gasteiger partial charge in [-0.2, -0.15) is 0 Å². The lowest BCUT2D eigenvalue weighted by Gasteiger charge is -2.34. The summed E-state index contributed by atoms with van der Waals surface area (Å²) in [4.78, 5) is 0. The van der Waals surface area contributed by atoms with Gasteiger partial charge in [-0.05, 0) is 119 Å². The quantitative estimate of drug-likeness (QED) is 0.159. The maximum absolute atomic E-state index is 6.23. The van der Waals surface area contributed by atoms with Crippen molar-refractivity contribution in [3.63, 3.8) is 0 Å². The summed E-state index contributed by atoms with van der Waals surface area (Å²) in [7, 11) is 0. The van der Waals surface area contributed by atoms with Crippen molar-refractivity contribution in [1.82, 2.24) is 0 Å². The standard InChI is InChI=1S/C35H70N4O4/c1-7-32-28(18-40-14-22(3)36)12-30(20-42-16-24(5)38)34(32)26-9-10-27(11-26)35-31(21-43-17-25(6)39)13-29(33(35)8-2)19-41-15-23(4)37/h22-35H,7-21,36-39H2,1-6H3. The average molecular weight is 611 g/mol. The minimum Gasteiger partial charge on any atom is -0.380 e. The van der Waals surface area contributed by atoms with Crippen molar-refractivity contribution in [2.75, 3.05) is 52.9 Å². The largest absolute Gasteiger partial charge is 0.380 e. The van der Waals surface area contributed by atoms with Crippen LogP contribution in [0.2, 0.25) is 0 Å². The van der Waals surface area contributed by atoms with Gasteiger partial charge in [0.15, 0.2) is 0 Å². The van der Waals surface area contributed by atoms with Gasteiger partial charge in [-0.15, -0.1) is 0 Å². The maximum Gasteiger partial charge on any atom is 0.0614 e. The molecule has 0 saturated heterocycles. The summed E-state index contributed by atoms with van der Waals surface area (Å²) in [6.07, 6.45) is 8.78. The molecule has 0 spiro atoms. The third-order valence-electron chi connectivity index (χ3n) is 10.9. The highest BCUT2D eigenvalue weighted by Gasteiger charge is 2.51. The minimum atomic E-state index is 0.0719. The van der Waals surface area contributed by atoms with Gasteiger partial charge in [0.05, 0.1) is 26.4 Å². The molecule has 0 bridgehead atoms. The van der Waals surface area contributed by atoms with E-state index in [1.807, 2.05) is 27.7 Å². The van der Waals surface area contributed by atoms with Gasteiger partial charge in [0.2, 0.25) is 0 Å². The first kappa shape index (κ1) is 37.1. The lowest BCUT2D eigenvalue weighted by atomic mass is 9.72. The smallest absolute Gasteiger partial charge is 0.0614 e. The molecule has 3 aliphatic rings. The Morgan fingerprint density at radius 3 is 1.07 bits per heavy atom. The van der Waals surface area contributed by atoms with Crippen LogP contribution in [0.4, 0.5) is 0 Å². The van der Waals surface area contributed by atoms with E-state index in [0.717, 1.165) is 38.3 Å². The molecule has 0 aromatic carbocycles. The Kier molecular flexibility index (Phi) is 16.2. The van der Waals surface area contributed by atoms with Gasteiger partial charge >= 0.3 is 0 Å². The van der Waals surface area contributed by atoms with Crippen LogP contribution in [0.3, 0.4) is 0 Å². The topological polar surface area (TPSA) is 141 Å². The molecule has 0 aromatic heterocycles. The molecular weight excluding hydrogens is 540 g/mol. The molecule has 3 rings (SSSR count). The van der Waals surface area contributed by atoms with Crippen LogP contribution in [0.25, 0.3) is 0 Å². The van der Waals surface area contributed by atoms with Gasteiger partial charge < -0.3 is 41.9 Å². The molecule has 3 fully saturated rings. The molecule has 0 radical (unpaired) electrons. The first-order valence-corrected chi connectivity index (χ1v) is 17.9. The van der Waals surface area contributed by atoms with Gasteiger partial charge in [0, 0.05) is 50.6 Å². The van der Waals surface area contributed by atoms with Crippen LogP contribution in [0.5, 0.6) is 0 Å². The number of ether oxygens (including phenoxy) is 4. The summed E-state index contributed by atoms with van der Waals surface area (Å²) < 4.78 is 24.7. The fourth-order valence-electron chi connectivity index (χ4n) is 9.56. The van der Waals surface area contributed by atoms with Gasteiger partial charge in [-0.25, -0.2) is 0 Å². The van der Waals surface area contributed by atoms with Crippen LogP contribution < -0.4 is 22.9 Å². The zero-order valence-corrected chi connectivity index (χ0v) is 28.6. The maximum atomic E-state index is 6.23. The summed E-state index contributed by atoms with van der Waals surface area (Å²) in [5.74, 6) is 6.53. The van der Waals surface area contributed by atoms with Crippen LogP contribution in [0.15, 0.2) is 0 Å². The molecule has 0 aromatic rings. The van der Waals surface area contributed by atoms with E-state index in [1.165, 1.54) is 44.9 Å². The van der Waals surface area contributed by atoms with Gasteiger partial charge in [-0.3, -0.25) is 0 Å². The van der Waals surface area contributed by atoms with Crippen molar-refractivity contribution in [1.29, 1.82) is 0 Å². The second-order valence-electron chi connectivity index (χ2n) is 15.2. The van der Waals surface area contributed by atoms with E-state index in [-0.39, 0.29) is 24.2 Å². The minimum absolute atomic E-state index is 0.0719. The second-order valence-corrected chi connectivity index (χ2v) is 15.2. The Labute approximate surface area is 264 Å². The Hall–Kier alpha value is -0.320. The van der Waals surface area contributed by atoms with Crippen molar-refractivity contribution in [3.8, 4) is 0 Å². The third-order valence-corrected chi connectivity index (χ3v) is 10.9. The predicted octanol–water partition coefficient (Wildman–Crippen LogP) is 4.41. The summed E-state index contributed by atoms with van der Waals surface area (Å²) in [5, 5.41) is 0. The molecule has 8 nitrogen and oxygen atoms in total. The fourth-order valence-corrected chi connectivity index (χ4v) is 9.56. The summed E-state index contributed by atoms with van der Waals surface area (Å²) in [5.41, 5.74) is 24.1. The predicted molar refractivity (Wildman–Crippen MR) is 176 cm³/mol. The van der Waals surface area contributed by atoms with Crippen LogP contribution >= 0.6 is 0 Å². The van der Waals surface area contributed by atoms with Crippen molar-refractivity contribution >= 4 is 0 Å². The molecule has 8 heteroatoms. The van der Waals surface area contributed by atoms with Crippen LogP contribution in [-0.2, 0) is 18.9 Å². The fraction of sp³-hybridized carbons (Fsp3) is 1.00. The van der Waals surface area contributed by atoms with E-state index >= 15 is 0 Å². The van der Waals surface area contributed by atoms with Crippen LogP contribution in [0, 0.1) is 59.2 Å². The lowest BCUT2D eigenvalue weighted by Crippen LogP contribution is -2.31. The lowest BCUT2D eigenvalue weighted by molar-refractivity contribution is 0.0458. The van der Waals surface area contributed by atoms with Crippen molar-refractivity contribution < 1.29 is 18.9 Å². The molecular formula is C35H70N4O4. The molecule has 43 heavy (non-hydrogen) atoms. The van der Waals surface area contributed by atoms with E-state index in [2.05, 4.69) is 13.8 Å². The van der Waals surface area contributed by atoms with Crippen LogP contribution in [0.1, 0.15) is 86.5 Å². The Morgan fingerprint density at radius 2 is 0.791 bits per heavy atom. The van der Waals surface area contributed by atoms with Crippen molar-refractivity contribution in [2.24, 2.45) is 82.1 Å².